The van der Waals surface area contributed by atoms with Crippen molar-refractivity contribution in [2.45, 2.75) is 38.0 Å². The first-order valence-electron chi connectivity index (χ1n) is 8.30. The Morgan fingerprint density at radius 3 is 2.50 bits per heavy atom. The van der Waals surface area contributed by atoms with E-state index in [4.69, 9.17) is 4.42 Å². The average Bonchev–Trinajstić information content (AvgIpc) is 3.29. The van der Waals surface area contributed by atoms with Crippen LogP contribution in [0.3, 0.4) is 0 Å². The van der Waals surface area contributed by atoms with Gasteiger partial charge in [-0.25, -0.2) is 22.7 Å². The quantitative estimate of drug-likeness (QED) is 0.621. The van der Waals surface area contributed by atoms with Crippen molar-refractivity contribution in [3.63, 3.8) is 0 Å². The van der Waals surface area contributed by atoms with Crippen LogP contribution in [-0.4, -0.2) is 25.4 Å². The molecule has 3 rings (SSSR count). The van der Waals surface area contributed by atoms with Crippen LogP contribution in [0.15, 0.2) is 45.2 Å². The molecule has 0 fully saturated rings. The number of oxazole rings is 1. The summed E-state index contributed by atoms with van der Waals surface area (Å²) in [4.78, 5) is 8.94. The minimum atomic E-state index is -3.67. The van der Waals surface area contributed by atoms with Crippen LogP contribution in [0.2, 0.25) is 0 Å². The Labute approximate surface area is 157 Å². The van der Waals surface area contributed by atoms with Crippen LogP contribution in [0.5, 0.6) is 0 Å². The predicted molar refractivity (Wildman–Crippen MR) is 103 cm³/mol. The molecule has 0 saturated carbocycles. The molecule has 0 aliphatic carbocycles. The van der Waals surface area contributed by atoms with E-state index in [2.05, 4.69) is 23.8 Å². The fourth-order valence-electron chi connectivity index (χ4n) is 2.41. The lowest BCUT2D eigenvalue weighted by atomic mass is 10.1. The molecular weight excluding hydrogens is 370 g/mol. The summed E-state index contributed by atoms with van der Waals surface area (Å²) in [6.07, 6.45) is 2.51. The Kier molecular flexibility index (Phi) is 5.15. The van der Waals surface area contributed by atoms with Crippen LogP contribution in [0.4, 0.5) is 5.13 Å². The summed E-state index contributed by atoms with van der Waals surface area (Å²) in [6.45, 7) is 5.93. The lowest BCUT2D eigenvalue weighted by Crippen LogP contribution is -2.26. The number of sulfonamides is 1. The van der Waals surface area contributed by atoms with Gasteiger partial charge in [0.15, 0.2) is 11.0 Å². The van der Waals surface area contributed by atoms with Crippen LogP contribution < -0.4 is 4.31 Å². The fraction of sp³-hybridized carbons (Fsp3) is 0.333. The van der Waals surface area contributed by atoms with E-state index in [1.165, 1.54) is 22.7 Å². The molecule has 26 heavy (non-hydrogen) atoms. The molecule has 0 saturated heterocycles. The number of anilines is 1. The molecule has 0 radical (unpaired) electrons. The van der Waals surface area contributed by atoms with Crippen LogP contribution in [0.25, 0.3) is 11.3 Å². The summed E-state index contributed by atoms with van der Waals surface area (Å²) < 4.78 is 32.2. The van der Waals surface area contributed by atoms with Crippen LogP contribution in [0, 0.1) is 6.92 Å². The Bertz CT molecular complexity index is 991. The first kappa shape index (κ1) is 18.6. The molecule has 0 aliphatic heterocycles. The summed E-state index contributed by atoms with van der Waals surface area (Å²) in [7, 11) is -2.14. The zero-order valence-electron chi connectivity index (χ0n) is 15.1. The first-order valence-corrected chi connectivity index (χ1v) is 10.6. The van der Waals surface area contributed by atoms with Gasteiger partial charge in [-0.2, -0.15) is 0 Å². The van der Waals surface area contributed by atoms with E-state index in [1.54, 1.807) is 37.5 Å². The van der Waals surface area contributed by atoms with E-state index < -0.39 is 10.0 Å². The van der Waals surface area contributed by atoms with E-state index in [1.807, 2.05) is 5.38 Å². The van der Waals surface area contributed by atoms with Crippen molar-refractivity contribution in [3.05, 3.63) is 47.5 Å². The lowest BCUT2D eigenvalue weighted by Gasteiger charge is -2.16. The largest absolute Gasteiger partial charge is 0.449 e. The monoisotopic (exact) mass is 391 g/mol. The van der Waals surface area contributed by atoms with Gasteiger partial charge in [0, 0.05) is 24.9 Å². The summed E-state index contributed by atoms with van der Waals surface area (Å²) in [5, 5.41) is 2.39. The number of aryl methyl sites for hydroxylation is 1. The highest BCUT2D eigenvalue weighted by atomic mass is 32.2. The minimum absolute atomic E-state index is 0.212. The predicted octanol–water partition coefficient (Wildman–Crippen LogP) is 4.45. The maximum atomic E-state index is 12.9. The maximum Gasteiger partial charge on any atom is 0.265 e. The Balaban J connectivity index is 1.86. The van der Waals surface area contributed by atoms with Gasteiger partial charge < -0.3 is 4.42 Å². The molecule has 8 heteroatoms. The molecule has 6 nitrogen and oxygen atoms in total. The van der Waals surface area contributed by atoms with Crippen molar-refractivity contribution in [3.8, 4) is 11.3 Å². The zero-order valence-corrected chi connectivity index (χ0v) is 16.8. The number of aromatic nitrogens is 2. The Hall–Kier alpha value is -2.19. The summed E-state index contributed by atoms with van der Waals surface area (Å²) in [6, 6.07) is 6.61. The number of benzene rings is 1. The Morgan fingerprint density at radius 1 is 1.23 bits per heavy atom. The summed E-state index contributed by atoms with van der Waals surface area (Å²) in [5.74, 6) is 0.874. The van der Waals surface area contributed by atoms with Gasteiger partial charge >= 0.3 is 0 Å². The third kappa shape index (κ3) is 3.52. The Morgan fingerprint density at radius 2 is 1.92 bits per heavy atom. The number of rotatable bonds is 6. The van der Waals surface area contributed by atoms with Crippen molar-refractivity contribution >= 4 is 26.5 Å². The van der Waals surface area contributed by atoms with E-state index in [9.17, 15) is 8.42 Å². The zero-order chi connectivity index (χ0) is 18.9. The highest BCUT2D eigenvalue weighted by Gasteiger charge is 2.24. The second-order valence-corrected chi connectivity index (χ2v) is 8.92. The van der Waals surface area contributed by atoms with Crippen molar-refractivity contribution in [1.82, 2.24) is 9.97 Å². The average molecular weight is 392 g/mol. The molecule has 0 bridgehead atoms. The van der Waals surface area contributed by atoms with Gasteiger partial charge in [-0.15, -0.1) is 11.3 Å². The lowest BCUT2D eigenvalue weighted by molar-refractivity contribution is 0.521. The standard InChI is InChI=1S/C18H21N3O3S2/c1-5-12(2)17-11-25-18(20-17)21(4)26(22,23)15-8-6-14(7-9-15)16-10-24-13(3)19-16/h6-12H,5H2,1-4H3. The molecule has 138 valence electrons. The highest BCUT2D eigenvalue weighted by molar-refractivity contribution is 7.93. The molecule has 0 spiro atoms. The molecule has 2 aromatic heterocycles. The van der Waals surface area contributed by atoms with Crippen molar-refractivity contribution in [2.24, 2.45) is 0 Å². The number of hydrogen-bond acceptors (Lipinski definition) is 6. The topological polar surface area (TPSA) is 76.3 Å². The SMILES string of the molecule is CCC(C)c1csc(N(C)S(=O)(=O)c2ccc(-c3coc(C)n3)cc2)n1. The van der Waals surface area contributed by atoms with E-state index in [0.717, 1.165) is 17.7 Å². The van der Waals surface area contributed by atoms with Gasteiger partial charge in [0.1, 0.15) is 12.0 Å². The van der Waals surface area contributed by atoms with E-state index >= 15 is 0 Å². The number of thiazole rings is 1. The van der Waals surface area contributed by atoms with Crippen molar-refractivity contribution in [2.75, 3.05) is 11.4 Å². The second kappa shape index (κ2) is 7.20. The second-order valence-electron chi connectivity index (χ2n) is 6.11. The van der Waals surface area contributed by atoms with E-state index in [-0.39, 0.29) is 4.90 Å². The van der Waals surface area contributed by atoms with Crippen LogP contribution in [-0.2, 0) is 10.0 Å². The molecule has 0 N–H and O–H groups in total. The molecule has 1 atom stereocenters. The third-order valence-corrected chi connectivity index (χ3v) is 7.14. The van der Waals surface area contributed by atoms with Gasteiger partial charge in [0.2, 0.25) is 0 Å². The van der Waals surface area contributed by atoms with Gasteiger partial charge in [-0.3, -0.25) is 0 Å². The molecular formula is C18H21N3O3S2. The normalized spacial score (nSPS) is 12.9. The number of hydrogen-bond donors (Lipinski definition) is 0. The van der Waals surface area contributed by atoms with Crippen LogP contribution in [0.1, 0.15) is 37.8 Å². The maximum absolute atomic E-state index is 12.9. The molecule has 1 unspecified atom stereocenters. The fourth-order valence-corrected chi connectivity index (χ4v) is 4.69. The third-order valence-electron chi connectivity index (χ3n) is 4.32. The van der Waals surface area contributed by atoms with Gasteiger partial charge in [0.05, 0.1) is 10.6 Å². The molecule has 0 amide bonds. The molecule has 1 aromatic carbocycles. The molecule has 2 heterocycles. The van der Waals surface area contributed by atoms with Crippen LogP contribution >= 0.6 is 11.3 Å². The minimum Gasteiger partial charge on any atom is -0.449 e. The van der Waals surface area contributed by atoms with Gasteiger partial charge in [-0.1, -0.05) is 26.0 Å². The van der Waals surface area contributed by atoms with E-state index in [0.29, 0.717) is 22.6 Å². The van der Waals surface area contributed by atoms with Gasteiger partial charge in [0.25, 0.3) is 10.0 Å². The van der Waals surface area contributed by atoms with Crippen molar-refractivity contribution < 1.29 is 12.8 Å². The van der Waals surface area contributed by atoms with Gasteiger partial charge in [-0.05, 0) is 24.5 Å². The number of nitrogens with zero attached hydrogens (tertiary/aromatic N) is 3. The highest BCUT2D eigenvalue weighted by Crippen LogP contribution is 2.30. The first-order chi connectivity index (χ1) is 12.3. The smallest absolute Gasteiger partial charge is 0.265 e. The molecule has 3 aromatic rings. The molecule has 0 aliphatic rings. The summed E-state index contributed by atoms with van der Waals surface area (Å²) in [5.41, 5.74) is 2.40. The van der Waals surface area contributed by atoms with Crippen molar-refractivity contribution in [1.29, 1.82) is 0 Å². The summed E-state index contributed by atoms with van der Waals surface area (Å²) >= 11 is 1.34.